The zero-order chi connectivity index (χ0) is 20.1. The first-order valence-electron chi connectivity index (χ1n) is 9.24. The normalized spacial score (nSPS) is 17.2. The third kappa shape index (κ3) is 2.96. The summed E-state index contributed by atoms with van der Waals surface area (Å²) in [5.74, 6) is 0.779. The molecule has 0 spiro atoms. The van der Waals surface area contributed by atoms with Crippen molar-refractivity contribution in [3.63, 3.8) is 0 Å². The fourth-order valence-corrected chi connectivity index (χ4v) is 5.43. The minimum Gasteiger partial charge on any atom is -0.340 e. The van der Waals surface area contributed by atoms with Gasteiger partial charge in [-0.15, -0.1) is 0 Å². The van der Waals surface area contributed by atoms with E-state index in [1.807, 2.05) is 0 Å². The van der Waals surface area contributed by atoms with Crippen LogP contribution in [0.5, 0.6) is 0 Å². The smallest absolute Gasteiger partial charge is 0.328 e. The second-order valence-corrected chi connectivity index (χ2v) is 9.12. The summed E-state index contributed by atoms with van der Waals surface area (Å²) in [6.07, 6.45) is 4.01. The molecule has 1 aromatic carbocycles. The Bertz CT molecular complexity index is 1200. The number of aromatic nitrogens is 4. The first kappa shape index (κ1) is 18.9. The molecule has 10 heteroatoms. The summed E-state index contributed by atoms with van der Waals surface area (Å²) in [4.78, 5) is 16.6. The van der Waals surface area contributed by atoms with E-state index in [1.165, 1.54) is 21.3 Å². The summed E-state index contributed by atoms with van der Waals surface area (Å²) in [6, 6.07) is 4.69. The van der Waals surface area contributed by atoms with Gasteiger partial charge in [0, 0.05) is 21.0 Å². The van der Waals surface area contributed by atoms with Crippen molar-refractivity contribution in [3.05, 3.63) is 40.4 Å². The highest BCUT2D eigenvalue weighted by Gasteiger charge is 2.42. The van der Waals surface area contributed by atoms with Crippen molar-refractivity contribution in [1.29, 1.82) is 0 Å². The molecule has 4 rings (SSSR count). The van der Waals surface area contributed by atoms with Crippen LogP contribution in [-0.2, 0) is 29.7 Å². The van der Waals surface area contributed by atoms with Gasteiger partial charge in [-0.2, -0.15) is 9.71 Å². The highest BCUT2D eigenvalue weighted by Crippen LogP contribution is 2.37. The molecule has 3 aromatic rings. The van der Waals surface area contributed by atoms with Crippen molar-refractivity contribution in [2.75, 3.05) is 0 Å². The zero-order valence-corrected chi connectivity index (χ0v) is 16.9. The van der Waals surface area contributed by atoms with Gasteiger partial charge in [0.25, 0.3) is 0 Å². The zero-order valence-electron chi connectivity index (χ0n) is 16.1. The number of benzene rings is 1. The molecular weight excluding hydrogens is 382 g/mol. The van der Waals surface area contributed by atoms with Crippen molar-refractivity contribution in [1.82, 2.24) is 24.0 Å². The molecule has 2 aromatic heterocycles. The maximum atomic E-state index is 13.2. The van der Waals surface area contributed by atoms with Crippen LogP contribution in [0.1, 0.15) is 43.8 Å². The largest absolute Gasteiger partial charge is 0.340 e. The summed E-state index contributed by atoms with van der Waals surface area (Å²) in [7, 11) is -0.582. The van der Waals surface area contributed by atoms with E-state index in [2.05, 4.69) is 14.9 Å². The van der Waals surface area contributed by atoms with Crippen LogP contribution in [0.15, 0.2) is 32.4 Å². The van der Waals surface area contributed by atoms with Gasteiger partial charge in [0.1, 0.15) is 0 Å². The second-order valence-electron chi connectivity index (χ2n) is 7.44. The molecule has 1 saturated carbocycles. The molecule has 0 unspecified atom stereocenters. The Morgan fingerprint density at radius 3 is 2.43 bits per heavy atom. The van der Waals surface area contributed by atoms with Crippen LogP contribution < -0.4 is 10.4 Å². The van der Waals surface area contributed by atoms with Gasteiger partial charge in [-0.05, 0) is 31.0 Å². The Morgan fingerprint density at radius 2 is 1.79 bits per heavy atom. The predicted molar refractivity (Wildman–Crippen MR) is 102 cm³/mol. The van der Waals surface area contributed by atoms with Gasteiger partial charge in [-0.3, -0.25) is 9.13 Å². The monoisotopic (exact) mass is 405 g/mol. The van der Waals surface area contributed by atoms with E-state index in [9.17, 15) is 13.2 Å². The van der Waals surface area contributed by atoms with Gasteiger partial charge in [0.15, 0.2) is 5.82 Å². The number of nitrogens with one attached hydrogen (secondary N) is 1. The van der Waals surface area contributed by atoms with Gasteiger partial charge < -0.3 is 4.52 Å². The summed E-state index contributed by atoms with van der Waals surface area (Å²) >= 11 is 0. The molecular formula is C18H23N5O4S. The number of aryl methyl sites for hydroxylation is 3. The maximum Gasteiger partial charge on any atom is 0.328 e. The molecule has 0 radical (unpaired) electrons. The van der Waals surface area contributed by atoms with Crippen molar-refractivity contribution >= 4 is 21.1 Å². The van der Waals surface area contributed by atoms with Crippen LogP contribution in [0, 0.1) is 6.92 Å². The minimum atomic E-state index is -3.87. The lowest BCUT2D eigenvalue weighted by molar-refractivity contribution is 0.248. The third-order valence-corrected chi connectivity index (χ3v) is 7.08. The van der Waals surface area contributed by atoms with Crippen molar-refractivity contribution in [2.45, 2.75) is 49.5 Å². The summed E-state index contributed by atoms with van der Waals surface area (Å²) < 4.78 is 37.4. The molecule has 150 valence electrons. The fourth-order valence-electron chi connectivity index (χ4n) is 3.99. The highest BCUT2D eigenvalue weighted by atomic mass is 32.2. The Kier molecular flexibility index (Phi) is 4.42. The van der Waals surface area contributed by atoms with E-state index in [4.69, 9.17) is 4.52 Å². The van der Waals surface area contributed by atoms with Crippen LogP contribution in [0.3, 0.4) is 0 Å². The van der Waals surface area contributed by atoms with Crippen LogP contribution in [-0.4, -0.2) is 27.7 Å². The lowest BCUT2D eigenvalue weighted by atomic mass is 9.82. The van der Waals surface area contributed by atoms with E-state index in [-0.39, 0.29) is 10.6 Å². The number of imidazole rings is 1. The standard InChI is InChI=1S/C18H23N5O4S/c1-12-19-16(20-27-12)18(9-5-4-6-10-18)21-28(25,26)13-7-8-14-15(11-13)23(3)17(24)22(14)2/h7-8,11,21H,4-6,9-10H2,1-3H3. The molecule has 0 saturated heterocycles. The number of hydrogen-bond donors (Lipinski definition) is 1. The van der Waals surface area contributed by atoms with Gasteiger partial charge >= 0.3 is 5.69 Å². The first-order valence-corrected chi connectivity index (χ1v) is 10.7. The van der Waals surface area contributed by atoms with Crippen LogP contribution in [0.2, 0.25) is 0 Å². The molecule has 2 heterocycles. The topological polar surface area (TPSA) is 112 Å². The summed E-state index contributed by atoms with van der Waals surface area (Å²) in [6.45, 7) is 1.69. The lowest BCUT2D eigenvalue weighted by Crippen LogP contribution is -2.47. The predicted octanol–water partition coefficient (Wildman–Crippen LogP) is 1.71. The van der Waals surface area contributed by atoms with Gasteiger partial charge in [-0.25, -0.2) is 13.2 Å². The fraction of sp³-hybridized carbons (Fsp3) is 0.500. The molecule has 0 amide bonds. The Balaban J connectivity index is 1.78. The Morgan fingerprint density at radius 1 is 1.11 bits per heavy atom. The molecule has 1 fully saturated rings. The molecule has 1 N–H and O–H groups in total. The van der Waals surface area contributed by atoms with Crippen LogP contribution in [0.25, 0.3) is 11.0 Å². The average molecular weight is 405 g/mol. The average Bonchev–Trinajstić information content (AvgIpc) is 3.21. The Hall–Kier alpha value is -2.46. The minimum absolute atomic E-state index is 0.103. The van der Waals surface area contributed by atoms with Gasteiger partial charge in [0.2, 0.25) is 15.9 Å². The molecule has 9 nitrogen and oxygen atoms in total. The summed E-state index contributed by atoms with van der Waals surface area (Å²) in [5.41, 5.74) is 0.145. The first-order chi connectivity index (χ1) is 13.2. The van der Waals surface area contributed by atoms with Crippen molar-refractivity contribution in [3.8, 4) is 0 Å². The molecule has 1 aliphatic carbocycles. The van der Waals surface area contributed by atoms with Crippen molar-refractivity contribution in [2.24, 2.45) is 14.1 Å². The summed E-state index contributed by atoms with van der Waals surface area (Å²) in [5, 5.41) is 4.01. The van der Waals surface area contributed by atoms with Crippen LogP contribution in [0.4, 0.5) is 0 Å². The third-order valence-electron chi connectivity index (χ3n) is 5.55. The number of sulfonamides is 1. The number of hydrogen-bond acceptors (Lipinski definition) is 6. The van der Waals surface area contributed by atoms with Gasteiger partial charge in [-0.1, -0.05) is 24.4 Å². The van der Waals surface area contributed by atoms with E-state index in [0.29, 0.717) is 35.6 Å². The second kappa shape index (κ2) is 6.56. The quantitative estimate of drug-likeness (QED) is 0.707. The Labute approximate surface area is 162 Å². The van der Waals surface area contributed by atoms with E-state index >= 15 is 0 Å². The number of rotatable bonds is 4. The lowest BCUT2D eigenvalue weighted by Gasteiger charge is -2.34. The van der Waals surface area contributed by atoms with Crippen LogP contribution >= 0.6 is 0 Å². The molecule has 0 bridgehead atoms. The SMILES string of the molecule is Cc1nc(C2(NS(=O)(=O)c3ccc4c(c3)n(C)c(=O)n4C)CCCCC2)no1. The maximum absolute atomic E-state index is 13.2. The molecule has 1 aliphatic rings. The number of fused-ring (bicyclic) bond motifs is 1. The molecule has 28 heavy (non-hydrogen) atoms. The van der Waals surface area contributed by atoms with E-state index < -0.39 is 15.6 Å². The van der Waals surface area contributed by atoms with E-state index in [0.717, 1.165) is 19.3 Å². The molecule has 0 aliphatic heterocycles. The van der Waals surface area contributed by atoms with Gasteiger partial charge in [0.05, 0.1) is 21.5 Å². The van der Waals surface area contributed by atoms with Crippen molar-refractivity contribution < 1.29 is 12.9 Å². The highest BCUT2D eigenvalue weighted by molar-refractivity contribution is 7.89. The molecule has 0 atom stereocenters. The number of nitrogens with zero attached hydrogens (tertiary/aromatic N) is 4. The van der Waals surface area contributed by atoms with E-state index in [1.54, 1.807) is 27.1 Å².